The molecule has 0 atom stereocenters. The summed E-state index contributed by atoms with van der Waals surface area (Å²) in [5.41, 5.74) is 0.252. The molecule has 0 N–H and O–H groups in total. The first-order valence-electron chi connectivity index (χ1n) is 3.62. The van der Waals surface area contributed by atoms with Gasteiger partial charge in [-0.15, -0.1) is 0 Å². The summed E-state index contributed by atoms with van der Waals surface area (Å²) < 4.78 is 25.4. The molecule has 1 rings (SSSR count). The first-order chi connectivity index (χ1) is 5.75. The summed E-state index contributed by atoms with van der Waals surface area (Å²) in [6.45, 7) is 0. The van der Waals surface area contributed by atoms with E-state index in [0.29, 0.717) is 6.29 Å². The Balaban J connectivity index is 2.84. The molecule has 3 heteroatoms. The second kappa shape index (κ2) is 3.95. The third kappa shape index (κ3) is 1.87. The van der Waals surface area contributed by atoms with E-state index in [1.165, 1.54) is 12.1 Å². The van der Waals surface area contributed by atoms with E-state index in [1.807, 2.05) is 0 Å². The van der Waals surface area contributed by atoms with Crippen molar-refractivity contribution in [2.24, 2.45) is 0 Å². The van der Waals surface area contributed by atoms with Crippen LogP contribution in [0.4, 0.5) is 8.78 Å². The molecule has 0 aliphatic carbocycles. The Kier molecular flexibility index (Phi) is 2.91. The molecule has 0 fully saturated rings. The molecule has 1 nitrogen and oxygen atoms in total. The van der Waals surface area contributed by atoms with Crippen molar-refractivity contribution in [3.63, 3.8) is 0 Å². The minimum Gasteiger partial charge on any atom is -0.303 e. The van der Waals surface area contributed by atoms with Crippen molar-refractivity contribution < 1.29 is 13.6 Å². The molecule has 1 aromatic carbocycles. The van der Waals surface area contributed by atoms with Crippen LogP contribution < -0.4 is 0 Å². The minimum atomic E-state index is -0.863. The van der Waals surface area contributed by atoms with Gasteiger partial charge in [-0.25, -0.2) is 8.78 Å². The minimum absolute atomic E-state index is 0.223. The van der Waals surface area contributed by atoms with Crippen LogP contribution in [0.15, 0.2) is 18.2 Å². The van der Waals surface area contributed by atoms with Crippen molar-refractivity contribution in [3.05, 3.63) is 35.4 Å². The van der Waals surface area contributed by atoms with Crippen molar-refractivity contribution in [1.82, 2.24) is 0 Å². The van der Waals surface area contributed by atoms with Crippen molar-refractivity contribution in [2.75, 3.05) is 0 Å². The smallest absolute Gasteiger partial charge is 0.162 e. The maximum absolute atomic E-state index is 12.8. The van der Waals surface area contributed by atoms with Crippen LogP contribution in [0.2, 0.25) is 0 Å². The van der Waals surface area contributed by atoms with Gasteiger partial charge in [-0.3, -0.25) is 0 Å². The fourth-order valence-corrected chi connectivity index (χ4v) is 0.956. The van der Waals surface area contributed by atoms with Crippen molar-refractivity contribution >= 4 is 6.29 Å². The molecule has 0 heterocycles. The number of halogens is 2. The largest absolute Gasteiger partial charge is 0.303 e. The van der Waals surface area contributed by atoms with E-state index in [0.717, 1.165) is 6.07 Å². The highest BCUT2D eigenvalue weighted by Gasteiger charge is 2.05. The van der Waals surface area contributed by atoms with Crippen LogP contribution in [0, 0.1) is 11.6 Å². The summed E-state index contributed by atoms with van der Waals surface area (Å²) in [5, 5.41) is 0. The van der Waals surface area contributed by atoms with E-state index in [-0.39, 0.29) is 18.4 Å². The first kappa shape index (κ1) is 8.84. The van der Waals surface area contributed by atoms with E-state index >= 15 is 0 Å². The summed E-state index contributed by atoms with van der Waals surface area (Å²) in [7, 11) is 0. The molecule has 0 unspecified atom stereocenters. The monoisotopic (exact) mass is 170 g/mol. The van der Waals surface area contributed by atoms with Gasteiger partial charge in [-0.05, 0) is 18.1 Å². The van der Waals surface area contributed by atoms with E-state index in [4.69, 9.17) is 0 Å². The van der Waals surface area contributed by atoms with Crippen LogP contribution in [0.25, 0.3) is 0 Å². The third-order valence-electron chi connectivity index (χ3n) is 1.56. The van der Waals surface area contributed by atoms with Gasteiger partial charge in [0.2, 0.25) is 0 Å². The standard InChI is InChI=1S/C9H8F2O/c10-8-5-1-3-7(9(8)11)4-2-6-12/h1,3,5-6H,2,4H2. The molecule has 0 bridgehead atoms. The van der Waals surface area contributed by atoms with Gasteiger partial charge in [0.15, 0.2) is 11.6 Å². The summed E-state index contributed by atoms with van der Waals surface area (Å²) in [6, 6.07) is 3.96. The van der Waals surface area contributed by atoms with Gasteiger partial charge in [0.1, 0.15) is 6.29 Å². The van der Waals surface area contributed by atoms with Crippen LogP contribution in [-0.2, 0) is 11.2 Å². The van der Waals surface area contributed by atoms with Gasteiger partial charge in [0, 0.05) is 6.42 Å². The highest BCUT2D eigenvalue weighted by Crippen LogP contribution is 2.12. The normalized spacial score (nSPS) is 9.83. The Bertz CT molecular complexity index is 284. The average Bonchev–Trinajstić information content (AvgIpc) is 2.08. The maximum atomic E-state index is 12.8. The van der Waals surface area contributed by atoms with Crippen molar-refractivity contribution in [3.8, 4) is 0 Å². The highest BCUT2D eigenvalue weighted by molar-refractivity contribution is 5.50. The van der Waals surface area contributed by atoms with E-state index < -0.39 is 11.6 Å². The predicted molar refractivity (Wildman–Crippen MR) is 40.7 cm³/mol. The lowest BCUT2D eigenvalue weighted by atomic mass is 10.1. The molecule has 12 heavy (non-hydrogen) atoms. The topological polar surface area (TPSA) is 17.1 Å². The van der Waals surface area contributed by atoms with E-state index in [2.05, 4.69) is 0 Å². The predicted octanol–water partition coefficient (Wildman–Crippen LogP) is 2.10. The number of carbonyl (C=O) groups is 1. The van der Waals surface area contributed by atoms with Gasteiger partial charge in [0.05, 0.1) is 0 Å². The van der Waals surface area contributed by atoms with E-state index in [1.54, 1.807) is 0 Å². The van der Waals surface area contributed by atoms with Crippen molar-refractivity contribution in [2.45, 2.75) is 12.8 Å². The molecule has 0 amide bonds. The van der Waals surface area contributed by atoms with Crippen LogP contribution >= 0.6 is 0 Å². The number of hydrogen-bond acceptors (Lipinski definition) is 1. The molecule has 0 aromatic heterocycles. The first-order valence-corrected chi connectivity index (χ1v) is 3.62. The number of rotatable bonds is 3. The van der Waals surface area contributed by atoms with Gasteiger partial charge < -0.3 is 4.79 Å². The Morgan fingerprint density at radius 3 is 2.75 bits per heavy atom. The molecule has 0 aliphatic rings. The zero-order chi connectivity index (χ0) is 8.97. The summed E-state index contributed by atoms with van der Waals surface area (Å²) >= 11 is 0. The van der Waals surface area contributed by atoms with Crippen LogP contribution in [0.1, 0.15) is 12.0 Å². The molecule has 0 spiro atoms. The summed E-state index contributed by atoms with van der Waals surface area (Å²) in [6.07, 6.45) is 1.16. The lowest BCUT2D eigenvalue weighted by Crippen LogP contribution is -1.94. The second-order valence-corrected chi connectivity index (χ2v) is 2.42. The van der Waals surface area contributed by atoms with Crippen LogP contribution in [0.5, 0.6) is 0 Å². The molecular formula is C9H8F2O. The lowest BCUT2D eigenvalue weighted by Gasteiger charge is -1.99. The lowest BCUT2D eigenvalue weighted by molar-refractivity contribution is -0.107. The average molecular weight is 170 g/mol. The third-order valence-corrected chi connectivity index (χ3v) is 1.56. The fourth-order valence-electron chi connectivity index (χ4n) is 0.956. The Morgan fingerprint density at radius 2 is 2.08 bits per heavy atom. The zero-order valence-electron chi connectivity index (χ0n) is 6.39. The van der Waals surface area contributed by atoms with Gasteiger partial charge in [0.25, 0.3) is 0 Å². The Morgan fingerprint density at radius 1 is 1.33 bits per heavy atom. The molecule has 0 radical (unpaired) electrons. The zero-order valence-corrected chi connectivity index (χ0v) is 6.39. The van der Waals surface area contributed by atoms with Crippen LogP contribution in [0.3, 0.4) is 0 Å². The number of aryl methyl sites for hydroxylation is 1. The number of benzene rings is 1. The molecule has 0 saturated heterocycles. The number of carbonyl (C=O) groups excluding carboxylic acids is 1. The number of hydrogen-bond donors (Lipinski definition) is 0. The Hall–Kier alpha value is -1.25. The molecule has 1 aromatic rings. The number of aldehydes is 1. The fraction of sp³-hybridized carbons (Fsp3) is 0.222. The maximum Gasteiger partial charge on any atom is 0.162 e. The molecule has 64 valence electrons. The highest BCUT2D eigenvalue weighted by atomic mass is 19.2. The van der Waals surface area contributed by atoms with Crippen LogP contribution in [-0.4, -0.2) is 6.29 Å². The summed E-state index contributed by atoms with van der Waals surface area (Å²) in [4.78, 5) is 9.96. The molecule has 0 saturated carbocycles. The summed E-state index contributed by atoms with van der Waals surface area (Å²) in [5.74, 6) is -1.71. The molecular weight excluding hydrogens is 162 g/mol. The molecule has 0 aliphatic heterocycles. The Labute approximate surface area is 69.0 Å². The van der Waals surface area contributed by atoms with Gasteiger partial charge in [-0.2, -0.15) is 0 Å². The quantitative estimate of drug-likeness (QED) is 0.635. The second-order valence-electron chi connectivity index (χ2n) is 2.42. The van der Waals surface area contributed by atoms with Gasteiger partial charge in [-0.1, -0.05) is 12.1 Å². The van der Waals surface area contributed by atoms with Gasteiger partial charge >= 0.3 is 0 Å². The van der Waals surface area contributed by atoms with E-state index in [9.17, 15) is 13.6 Å². The van der Waals surface area contributed by atoms with Crippen molar-refractivity contribution in [1.29, 1.82) is 0 Å². The SMILES string of the molecule is O=CCCc1cccc(F)c1F.